The molecular formula is C22H26O5S. The Hall–Kier alpha value is -2.34. The maximum atomic E-state index is 12.2. The highest BCUT2D eigenvalue weighted by Crippen LogP contribution is 2.38. The van der Waals surface area contributed by atoms with Crippen molar-refractivity contribution in [3.8, 4) is 16.9 Å². The molecule has 0 aromatic heterocycles. The molecule has 6 heteroatoms. The molecule has 0 saturated carbocycles. The Morgan fingerprint density at radius 3 is 2.68 bits per heavy atom. The quantitative estimate of drug-likeness (QED) is 0.544. The van der Waals surface area contributed by atoms with Gasteiger partial charge in [-0.2, -0.15) is 0 Å². The van der Waals surface area contributed by atoms with E-state index >= 15 is 0 Å². The third-order valence-corrected chi connectivity index (χ3v) is 6.07. The van der Waals surface area contributed by atoms with Gasteiger partial charge in [-0.3, -0.25) is 0 Å². The fourth-order valence-corrected chi connectivity index (χ4v) is 4.49. The van der Waals surface area contributed by atoms with Crippen LogP contribution in [-0.2, 0) is 27.4 Å². The van der Waals surface area contributed by atoms with E-state index in [9.17, 15) is 13.2 Å². The second-order valence-corrected chi connectivity index (χ2v) is 9.54. The monoisotopic (exact) mass is 402 g/mol. The van der Waals surface area contributed by atoms with E-state index in [4.69, 9.17) is 9.47 Å². The zero-order chi connectivity index (χ0) is 20.3. The Kier molecular flexibility index (Phi) is 6.08. The van der Waals surface area contributed by atoms with Crippen LogP contribution >= 0.6 is 0 Å². The Labute approximate surface area is 166 Å². The molecule has 150 valence electrons. The van der Waals surface area contributed by atoms with E-state index in [1.807, 2.05) is 31.2 Å². The molecule has 0 aliphatic heterocycles. The summed E-state index contributed by atoms with van der Waals surface area (Å²) in [5.41, 5.74) is 6.18. The van der Waals surface area contributed by atoms with Gasteiger partial charge in [-0.15, -0.1) is 0 Å². The van der Waals surface area contributed by atoms with Crippen molar-refractivity contribution in [2.75, 3.05) is 25.7 Å². The summed E-state index contributed by atoms with van der Waals surface area (Å²) < 4.78 is 33.3. The number of carbonyl (C=O) groups excluding carboxylic acids is 1. The summed E-state index contributed by atoms with van der Waals surface area (Å²) in [7, 11) is -1.56. The molecular weight excluding hydrogens is 376 g/mol. The van der Waals surface area contributed by atoms with Gasteiger partial charge in [0.05, 0.1) is 25.0 Å². The van der Waals surface area contributed by atoms with Gasteiger partial charge in [0.25, 0.3) is 0 Å². The topological polar surface area (TPSA) is 69.7 Å². The van der Waals surface area contributed by atoms with Crippen LogP contribution in [0.4, 0.5) is 0 Å². The largest absolute Gasteiger partial charge is 0.494 e. The highest BCUT2D eigenvalue weighted by Gasteiger charge is 2.22. The van der Waals surface area contributed by atoms with E-state index in [1.54, 1.807) is 0 Å². The van der Waals surface area contributed by atoms with Crippen molar-refractivity contribution in [3.63, 3.8) is 0 Å². The number of sulfone groups is 1. The molecule has 0 radical (unpaired) electrons. The van der Waals surface area contributed by atoms with Gasteiger partial charge < -0.3 is 9.47 Å². The number of hydrogen-bond acceptors (Lipinski definition) is 5. The molecule has 0 amide bonds. The Morgan fingerprint density at radius 1 is 1.18 bits per heavy atom. The molecule has 0 spiro atoms. The average molecular weight is 403 g/mol. The second kappa shape index (κ2) is 8.35. The van der Waals surface area contributed by atoms with Gasteiger partial charge in [0, 0.05) is 6.26 Å². The van der Waals surface area contributed by atoms with Crippen LogP contribution in [0.3, 0.4) is 0 Å². The molecule has 0 fully saturated rings. The molecule has 0 heterocycles. The minimum Gasteiger partial charge on any atom is -0.494 e. The van der Waals surface area contributed by atoms with Crippen LogP contribution in [0.15, 0.2) is 30.3 Å². The fraction of sp³-hybridized carbons (Fsp3) is 0.409. The Morgan fingerprint density at radius 2 is 1.96 bits per heavy atom. The predicted molar refractivity (Wildman–Crippen MR) is 110 cm³/mol. The third-order valence-electron chi connectivity index (χ3n) is 5.04. The van der Waals surface area contributed by atoms with E-state index in [2.05, 4.69) is 6.07 Å². The van der Waals surface area contributed by atoms with Crippen LogP contribution in [0.5, 0.6) is 5.75 Å². The first-order valence-corrected chi connectivity index (χ1v) is 11.5. The maximum Gasteiger partial charge on any atom is 0.338 e. The smallest absolute Gasteiger partial charge is 0.338 e. The lowest BCUT2D eigenvalue weighted by Gasteiger charge is -2.17. The van der Waals surface area contributed by atoms with Gasteiger partial charge in [0.1, 0.15) is 15.6 Å². The molecule has 0 atom stereocenters. The number of hydrogen-bond donors (Lipinski definition) is 0. The summed E-state index contributed by atoms with van der Waals surface area (Å²) in [6, 6.07) is 9.81. The van der Waals surface area contributed by atoms with E-state index < -0.39 is 9.84 Å². The number of esters is 1. The fourth-order valence-electron chi connectivity index (χ4n) is 3.85. The van der Waals surface area contributed by atoms with Gasteiger partial charge in [0.15, 0.2) is 0 Å². The lowest BCUT2D eigenvalue weighted by atomic mass is 9.90. The number of methoxy groups -OCH3 is 1. The summed E-state index contributed by atoms with van der Waals surface area (Å²) in [4.78, 5) is 12.2. The highest BCUT2D eigenvalue weighted by molar-refractivity contribution is 7.90. The van der Waals surface area contributed by atoms with Gasteiger partial charge in [-0.25, -0.2) is 13.2 Å². The number of aryl methyl sites for hydroxylation is 2. The van der Waals surface area contributed by atoms with Gasteiger partial charge in [0.2, 0.25) is 0 Å². The molecule has 1 aliphatic rings. The Balaban J connectivity index is 1.91. The predicted octanol–water partition coefficient (Wildman–Crippen LogP) is 3.75. The van der Waals surface area contributed by atoms with Gasteiger partial charge >= 0.3 is 5.97 Å². The van der Waals surface area contributed by atoms with E-state index in [1.165, 1.54) is 18.9 Å². The summed E-state index contributed by atoms with van der Waals surface area (Å²) in [6.45, 7) is 2.41. The lowest BCUT2D eigenvalue weighted by molar-refractivity contribution is 0.0599. The van der Waals surface area contributed by atoms with Crippen molar-refractivity contribution < 1.29 is 22.7 Å². The second-order valence-electron chi connectivity index (χ2n) is 7.28. The first-order chi connectivity index (χ1) is 13.3. The van der Waals surface area contributed by atoms with Gasteiger partial charge in [-0.1, -0.05) is 12.1 Å². The molecule has 0 unspecified atom stereocenters. The molecule has 2 aromatic rings. The first kappa shape index (κ1) is 20.4. The summed E-state index contributed by atoms with van der Waals surface area (Å²) in [5, 5.41) is 0. The van der Waals surface area contributed by atoms with Crippen molar-refractivity contribution in [1.82, 2.24) is 0 Å². The third kappa shape index (κ3) is 4.55. The molecule has 28 heavy (non-hydrogen) atoms. The van der Waals surface area contributed by atoms with Crippen LogP contribution in [0, 0.1) is 6.92 Å². The molecule has 2 aromatic carbocycles. The molecule has 0 saturated heterocycles. The normalized spacial score (nSPS) is 13.2. The number of fused-ring (bicyclic) bond motifs is 3. The minimum absolute atomic E-state index is 0.126. The standard InChI is InChI=1S/C22H26O5S/c1-15-13-17(27-11-6-12-28(3,24)25)14-16-7-4-8-18-19(21(15)16)9-5-10-20(18)22(23)26-2/h5,9-10,13-14H,4,6-8,11-12H2,1-3H3. The molecule has 5 nitrogen and oxygen atoms in total. The van der Waals surface area contributed by atoms with Crippen LogP contribution in [-0.4, -0.2) is 40.1 Å². The van der Waals surface area contributed by atoms with Crippen molar-refractivity contribution in [2.24, 2.45) is 0 Å². The number of ether oxygens (including phenoxy) is 2. The van der Waals surface area contributed by atoms with Crippen LogP contribution < -0.4 is 4.74 Å². The lowest BCUT2D eigenvalue weighted by Crippen LogP contribution is -2.08. The van der Waals surface area contributed by atoms with Crippen LogP contribution in [0.2, 0.25) is 0 Å². The SMILES string of the molecule is COC(=O)c1cccc2c1CCCc1cc(OCCCS(C)(=O)=O)cc(C)c1-2. The van der Waals surface area contributed by atoms with Gasteiger partial charge in [-0.05, 0) is 78.6 Å². The van der Waals surface area contributed by atoms with E-state index in [-0.39, 0.29) is 11.7 Å². The maximum absolute atomic E-state index is 12.2. The van der Waals surface area contributed by atoms with Crippen molar-refractivity contribution in [1.29, 1.82) is 0 Å². The minimum atomic E-state index is -2.97. The summed E-state index contributed by atoms with van der Waals surface area (Å²) in [6.07, 6.45) is 4.36. The van der Waals surface area contributed by atoms with E-state index in [0.29, 0.717) is 18.6 Å². The molecule has 0 N–H and O–H groups in total. The van der Waals surface area contributed by atoms with Crippen LogP contribution in [0.1, 0.15) is 39.9 Å². The first-order valence-electron chi connectivity index (χ1n) is 9.45. The van der Waals surface area contributed by atoms with Crippen molar-refractivity contribution in [2.45, 2.75) is 32.6 Å². The zero-order valence-electron chi connectivity index (χ0n) is 16.6. The van der Waals surface area contributed by atoms with Crippen molar-refractivity contribution in [3.05, 3.63) is 52.6 Å². The zero-order valence-corrected chi connectivity index (χ0v) is 17.4. The molecule has 0 bridgehead atoms. The van der Waals surface area contributed by atoms with Crippen molar-refractivity contribution >= 4 is 15.8 Å². The highest BCUT2D eigenvalue weighted by atomic mass is 32.2. The Bertz CT molecular complexity index is 992. The molecule has 3 rings (SSSR count). The number of carbonyl (C=O) groups is 1. The summed E-state index contributed by atoms with van der Waals surface area (Å²) in [5.74, 6) is 0.585. The summed E-state index contributed by atoms with van der Waals surface area (Å²) >= 11 is 0. The average Bonchev–Trinajstić information content (AvgIpc) is 2.83. The molecule has 1 aliphatic carbocycles. The van der Waals surface area contributed by atoms with Crippen LogP contribution in [0.25, 0.3) is 11.1 Å². The number of benzene rings is 2. The van der Waals surface area contributed by atoms with E-state index in [0.717, 1.165) is 47.3 Å². The number of rotatable bonds is 6.